The van der Waals surface area contributed by atoms with Gasteiger partial charge in [0.2, 0.25) is 0 Å². The van der Waals surface area contributed by atoms with Crippen molar-refractivity contribution in [3.05, 3.63) is 29.3 Å². The Bertz CT molecular complexity index is 325. The van der Waals surface area contributed by atoms with Crippen LogP contribution in [0.5, 0.6) is 5.75 Å². The molecule has 0 radical (unpaired) electrons. The van der Waals surface area contributed by atoms with E-state index in [0.717, 1.165) is 34.8 Å². The highest BCUT2D eigenvalue weighted by molar-refractivity contribution is 7.98. The molecule has 0 amide bonds. The van der Waals surface area contributed by atoms with E-state index in [9.17, 15) is 5.11 Å². The van der Waals surface area contributed by atoms with Crippen molar-refractivity contribution in [2.24, 2.45) is 0 Å². The lowest BCUT2D eigenvalue weighted by atomic mass is 10.0. The molecule has 1 aliphatic rings. The van der Waals surface area contributed by atoms with E-state index in [1.165, 1.54) is 0 Å². The summed E-state index contributed by atoms with van der Waals surface area (Å²) in [6.45, 7) is 0. The Morgan fingerprint density at radius 3 is 3.14 bits per heavy atom. The zero-order valence-electron chi connectivity index (χ0n) is 8.19. The van der Waals surface area contributed by atoms with Gasteiger partial charge >= 0.3 is 0 Å². The number of aliphatic hydroxyl groups is 1. The standard InChI is InChI=1S/C11H14O2S/c1-13-11-4-2-3-8-9(11)7-14-6-5-10(8)12/h2-4,10,12H,5-7H2,1H3. The summed E-state index contributed by atoms with van der Waals surface area (Å²) in [4.78, 5) is 0. The number of aliphatic hydroxyl groups excluding tert-OH is 1. The Morgan fingerprint density at radius 1 is 1.50 bits per heavy atom. The monoisotopic (exact) mass is 210 g/mol. The molecule has 1 aromatic carbocycles. The van der Waals surface area contributed by atoms with Gasteiger partial charge in [0.25, 0.3) is 0 Å². The van der Waals surface area contributed by atoms with Gasteiger partial charge in [-0.15, -0.1) is 0 Å². The molecule has 2 rings (SSSR count). The molecule has 1 aliphatic heterocycles. The van der Waals surface area contributed by atoms with Gasteiger partial charge in [0.1, 0.15) is 5.75 Å². The number of hydrogen-bond donors (Lipinski definition) is 1. The third-order valence-corrected chi connectivity index (χ3v) is 3.55. The van der Waals surface area contributed by atoms with Crippen LogP contribution in [0.15, 0.2) is 18.2 Å². The van der Waals surface area contributed by atoms with Gasteiger partial charge in [0, 0.05) is 11.3 Å². The summed E-state index contributed by atoms with van der Waals surface area (Å²) in [5.41, 5.74) is 2.19. The predicted octanol–water partition coefficient (Wildman–Crippen LogP) is 2.37. The molecule has 0 spiro atoms. The summed E-state index contributed by atoms with van der Waals surface area (Å²) >= 11 is 1.85. The topological polar surface area (TPSA) is 29.5 Å². The van der Waals surface area contributed by atoms with E-state index in [-0.39, 0.29) is 6.10 Å². The van der Waals surface area contributed by atoms with Crippen molar-refractivity contribution in [1.82, 2.24) is 0 Å². The second-order valence-corrected chi connectivity index (χ2v) is 4.49. The molecule has 0 saturated carbocycles. The lowest BCUT2D eigenvalue weighted by Crippen LogP contribution is -2.01. The highest BCUT2D eigenvalue weighted by Crippen LogP contribution is 2.35. The smallest absolute Gasteiger partial charge is 0.123 e. The van der Waals surface area contributed by atoms with Gasteiger partial charge in [-0.3, -0.25) is 0 Å². The number of thioether (sulfide) groups is 1. The fraction of sp³-hybridized carbons (Fsp3) is 0.455. The Morgan fingerprint density at radius 2 is 2.36 bits per heavy atom. The van der Waals surface area contributed by atoms with Crippen LogP contribution in [-0.4, -0.2) is 18.0 Å². The summed E-state index contributed by atoms with van der Waals surface area (Å²) in [5, 5.41) is 9.89. The van der Waals surface area contributed by atoms with Crippen LogP contribution in [0, 0.1) is 0 Å². The molecule has 3 heteroatoms. The maximum Gasteiger partial charge on any atom is 0.123 e. The first-order chi connectivity index (χ1) is 6.83. The number of benzene rings is 1. The van der Waals surface area contributed by atoms with Crippen LogP contribution in [0.25, 0.3) is 0 Å². The fourth-order valence-electron chi connectivity index (χ4n) is 1.77. The number of fused-ring (bicyclic) bond motifs is 1. The average Bonchev–Trinajstić information content (AvgIpc) is 2.41. The van der Waals surface area contributed by atoms with Crippen molar-refractivity contribution >= 4 is 11.8 Å². The van der Waals surface area contributed by atoms with Crippen LogP contribution in [0.3, 0.4) is 0 Å². The van der Waals surface area contributed by atoms with E-state index in [1.807, 2.05) is 30.0 Å². The Balaban J connectivity index is 2.46. The number of rotatable bonds is 1. The van der Waals surface area contributed by atoms with E-state index in [0.29, 0.717) is 0 Å². The Kier molecular flexibility index (Phi) is 2.99. The largest absolute Gasteiger partial charge is 0.496 e. The van der Waals surface area contributed by atoms with E-state index in [4.69, 9.17) is 4.74 Å². The lowest BCUT2D eigenvalue weighted by Gasteiger charge is -2.13. The minimum Gasteiger partial charge on any atom is -0.496 e. The molecule has 14 heavy (non-hydrogen) atoms. The van der Waals surface area contributed by atoms with Crippen molar-refractivity contribution in [2.45, 2.75) is 18.3 Å². The van der Waals surface area contributed by atoms with Crippen LogP contribution >= 0.6 is 11.8 Å². The third-order valence-electron chi connectivity index (χ3n) is 2.53. The molecule has 0 saturated heterocycles. The zero-order chi connectivity index (χ0) is 9.97. The summed E-state index contributed by atoms with van der Waals surface area (Å²) < 4.78 is 5.29. The molecule has 76 valence electrons. The SMILES string of the molecule is COc1cccc2c1CSCCC2O. The minimum absolute atomic E-state index is 0.324. The van der Waals surface area contributed by atoms with E-state index < -0.39 is 0 Å². The molecule has 1 aromatic rings. The van der Waals surface area contributed by atoms with Gasteiger partial charge in [-0.05, 0) is 23.8 Å². The van der Waals surface area contributed by atoms with Gasteiger partial charge in [0.15, 0.2) is 0 Å². The molecule has 1 N–H and O–H groups in total. The Labute approximate surface area is 88.3 Å². The maximum atomic E-state index is 9.89. The second-order valence-electron chi connectivity index (χ2n) is 3.39. The van der Waals surface area contributed by atoms with Gasteiger partial charge < -0.3 is 9.84 Å². The molecule has 1 heterocycles. The predicted molar refractivity (Wildman–Crippen MR) is 58.7 cm³/mol. The van der Waals surface area contributed by atoms with Crippen LogP contribution in [0.1, 0.15) is 23.7 Å². The summed E-state index contributed by atoms with van der Waals surface area (Å²) in [6.07, 6.45) is 0.514. The van der Waals surface area contributed by atoms with Crippen molar-refractivity contribution in [3.8, 4) is 5.75 Å². The van der Waals surface area contributed by atoms with Gasteiger partial charge in [-0.2, -0.15) is 11.8 Å². The summed E-state index contributed by atoms with van der Waals surface area (Å²) in [5.74, 6) is 2.85. The van der Waals surface area contributed by atoms with Crippen LogP contribution < -0.4 is 4.74 Å². The molecule has 0 aromatic heterocycles. The molecule has 0 bridgehead atoms. The number of hydrogen-bond acceptors (Lipinski definition) is 3. The molecular weight excluding hydrogens is 196 g/mol. The first-order valence-electron chi connectivity index (χ1n) is 4.74. The minimum atomic E-state index is -0.324. The van der Waals surface area contributed by atoms with Crippen molar-refractivity contribution in [2.75, 3.05) is 12.9 Å². The van der Waals surface area contributed by atoms with E-state index in [1.54, 1.807) is 7.11 Å². The molecule has 0 fully saturated rings. The highest BCUT2D eigenvalue weighted by Gasteiger charge is 2.18. The second kappa shape index (κ2) is 4.24. The van der Waals surface area contributed by atoms with Crippen LogP contribution in [-0.2, 0) is 5.75 Å². The van der Waals surface area contributed by atoms with Gasteiger partial charge in [0.05, 0.1) is 13.2 Å². The third kappa shape index (κ3) is 1.74. The van der Waals surface area contributed by atoms with Crippen molar-refractivity contribution < 1.29 is 9.84 Å². The quantitative estimate of drug-likeness (QED) is 0.771. The average molecular weight is 210 g/mol. The van der Waals surface area contributed by atoms with Gasteiger partial charge in [-0.25, -0.2) is 0 Å². The maximum absolute atomic E-state index is 9.89. The lowest BCUT2D eigenvalue weighted by molar-refractivity contribution is 0.174. The van der Waals surface area contributed by atoms with E-state index in [2.05, 4.69) is 0 Å². The first kappa shape index (κ1) is 9.87. The van der Waals surface area contributed by atoms with Crippen molar-refractivity contribution in [3.63, 3.8) is 0 Å². The molecule has 1 atom stereocenters. The summed E-state index contributed by atoms with van der Waals surface area (Å²) in [6, 6.07) is 5.89. The molecule has 1 unspecified atom stereocenters. The van der Waals surface area contributed by atoms with Crippen molar-refractivity contribution in [1.29, 1.82) is 0 Å². The molecular formula is C11H14O2S. The highest BCUT2D eigenvalue weighted by atomic mass is 32.2. The van der Waals surface area contributed by atoms with Crippen LogP contribution in [0.2, 0.25) is 0 Å². The molecule has 2 nitrogen and oxygen atoms in total. The fourth-order valence-corrected chi connectivity index (χ4v) is 2.81. The number of methoxy groups -OCH3 is 1. The van der Waals surface area contributed by atoms with Gasteiger partial charge in [-0.1, -0.05) is 12.1 Å². The van der Waals surface area contributed by atoms with Crippen LogP contribution in [0.4, 0.5) is 0 Å². The Hall–Kier alpha value is -0.670. The van der Waals surface area contributed by atoms with E-state index >= 15 is 0 Å². The zero-order valence-corrected chi connectivity index (χ0v) is 9.01. The normalized spacial score (nSPS) is 21.1. The summed E-state index contributed by atoms with van der Waals surface area (Å²) in [7, 11) is 1.68. The number of ether oxygens (including phenoxy) is 1. The molecule has 0 aliphatic carbocycles. The first-order valence-corrected chi connectivity index (χ1v) is 5.90.